The van der Waals surface area contributed by atoms with E-state index >= 15 is 0 Å². The Labute approximate surface area is 138 Å². The number of aryl methyl sites for hydroxylation is 1. The van der Waals surface area contributed by atoms with E-state index in [-0.39, 0.29) is 11.5 Å². The van der Waals surface area contributed by atoms with Crippen LogP contribution >= 0.6 is 0 Å². The van der Waals surface area contributed by atoms with E-state index < -0.39 is 5.91 Å². The van der Waals surface area contributed by atoms with Gasteiger partial charge in [0.25, 0.3) is 5.91 Å². The molecule has 8 nitrogen and oxygen atoms in total. The summed E-state index contributed by atoms with van der Waals surface area (Å²) in [6, 6.07) is 9.96. The summed E-state index contributed by atoms with van der Waals surface area (Å²) in [4.78, 5) is 23.0. The zero-order chi connectivity index (χ0) is 17.5. The smallest absolute Gasteiger partial charge is 0.267 e. The molecule has 0 saturated heterocycles. The van der Waals surface area contributed by atoms with Crippen LogP contribution in [0.5, 0.6) is 0 Å². The fraction of sp³-hybridized carbons (Fsp3) is 0.125. The Kier molecular flexibility index (Phi) is 5.31. The van der Waals surface area contributed by atoms with Gasteiger partial charge >= 0.3 is 0 Å². The van der Waals surface area contributed by atoms with Crippen molar-refractivity contribution in [2.75, 3.05) is 16.0 Å². The van der Waals surface area contributed by atoms with Crippen molar-refractivity contribution in [3.63, 3.8) is 0 Å². The summed E-state index contributed by atoms with van der Waals surface area (Å²) in [5, 5.41) is 20.7. The molecule has 0 aliphatic rings. The molecular weight excluding hydrogens is 310 g/mol. The zero-order valence-electron chi connectivity index (χ0n) is 13.1. The molecule has 1 heterocycles. The standard InChI is InChI=1S/C16H15N5O3/c1-10-7-15(21-24-10)18-9-12(8-17)16(23)20-14-5-3-13(4-6-14)19-11(2)22/h3-7,9H,1-2H3,(H,18,21)(H,19,22)(H,20,23)/b12-9-. The number of nitrogens with one attached hydrogen (secondary N) is 3. The first-order chi connectivity index (χ1) is 11.5. The van der Waals surface area contributed by atoms with Crippen molar-refractivity contribution in [3.8, 4) is 6.07 Å². The number of amides is 2. The van der Waals surface area contributed by atoms with Crippen molar-refractivity contribution in [1.29, 1.82) is 5.26 Å². The molecule has 2 amide bonds. The highest BCUT2D eigenvalue weighted by Crippen LogP contribution is 2.14. The molecule has 1 aromatic carbocycles. The van der Waals surface area contributed by atoms with Gasteiger partial charge in [-0.3, -0.25) is 9.59 Å². The molecule has 0 aliphatic heterocycles. The van der Waals surface area contributed by atoms with E-state index in [0.29, 0.717) is 23.0 Å². The fourth-order valence-electron chi connectivity index (χ4n) is 1.77. The third-order valence-electron chi connectivity index (χ3n) is 2.82. The molecule has 0 radical (unpaired) electrons. The summed E-state index contributed by atoms with van der Waals surface area (Å²) in [6.45, 7) is 3.13. The Morgan fingerprint density at radius 2 is 1.83 bits per heavy atom. The predicted octanol–water partition coefficient (Wildman–Crippen LogP) is 2.40. The highest BCUT2D eigenvalue weighted by Gasteiger charge is 2.10. The number of nitriles is 1. The summed E-state index contributed by atoms with van der Waals surface area (Å²) >= 11 is 0. The Balaban J connectivity index is 2.01. The Bertz CT molecular complexity index is 815. The van der Waals surface area contributed by atoms with Gasteiger partial charge in [0.05, 0.1) is 0 Å². The van der Waals surface area contributed by atoms with Gasteiger partial charge in [-0.15, -0.1) is 0 Å². The number of carbonyl (C=O) groups is 2. The molecule has 0 aliphatic carbocycles. The summed E-state index contributed by atoms with van der Waals surface area (Å²) in [6.07, 6.45) is 1.25. The van der Waals surface area contributed by atoms with Gasteiger partial charge in [-0.1, -0.05) is 5.16 Å². The molecule has 0 spiro atoms. The maximum Gasteiger partial charge on any atom is 0.267 e. The van der Waals surface area contributed by atoms with E-state index in [0.717, 1.165) is 0 Å². The van der Waals surface area contributed by atoms with Gasteiger partial charge in [0, 0.05) is 30.6 Å². The summed E-state index contributed by atoms with van der Waals surface area (Å²) in [5.74, 6) is 0.244. The quantitative estimate of drug-likeness (QED) is 0.573. The normalized spacial score (nSPS) is 10.6. The number of hydrogen-bond donors (Lipinski definition) is 3. The third-order valence-corrected chi connectivity index (χ3v) is 2.82. The minimum atomic E-state index is -0.572. The molecule has 8 heteroatoms. The van der Waals surface area contributed by atoms with Crippen LogP contribution in [0.25, 0.3) is 0 Å². The molecule has 0 saturated carbocycles. The maximum atomic E-state index is 12.1. The first kappa shape index (κ1) is 16.8. The third kappa shape index (κ3) is 4.71. The number of rotatable bonds is 5. The van der Waals surface area contributed by atoms with Gasteiger partial charge in [-0.05, 0) is 31.2 Å². The van der Waals surface area contributed by atoms with Crippen molar-refractivity contribution in [2.45, 2.75) is 13.8 Å². The van der Waals surface area contributed by atoms with Gasteiger partial charge in [0.1, 0.15) is 17.4 Å². The maximum absolute atomic E-state index is 12.1. The Morgan fingerprint density at radius 3 is 2.33 bits per heavy atom. The number of benzene rings is 1. The Morgan fingerprint density at radius 1 is 1.21 bits per heavy atom. The molecule has 3 N–H and O–H groups in total. The van der Waals surface area contributed by atoms with E-state index in [9.17, 15) is 9.59 Å². The molecule has 2 rings (SSSR count). The van der Waals surface area contributed by atoms with Crippen molar-refractivity contribution in [3.05, 3.63) is 47.9 Å². The van der Waals surface area contributed by atoms with Crippen LogP contribution in [0.2, 0.25) is 0 Å². The lowest BCUT2D eigenvalue weighted by atomic mass is 10.2. The zero-order valence-corrected chi connectivity index (χ0v) is 13.1. The van der Waals surface area contributed by atoms with E-state index in [1.807, 2.05) is 6.07 Å². The minimum Gasteiger partial charge on any atom is -0.360 e. The van der Waals surface area contributed by atoms with Crippen molar-refractivity contribution >= 4 is 29.0 Å². The molecule has 0 unspecified atom stereocenters. The molecule has 122 valence electrons. The highest BCUT2D eigenvalue weighted by molar-refractivity contribution is 6.06. The van der Waals surface area contributed by atoms with E-state index in [1.165, 1.54) is 13.1 Å². The Hall–Kier alpha value is -3.60. The molecule has 2 aromatic rings. The molecule has 0 fully saturated rings. The molecular formula is C16H15N5O3. The second-order valence-electron chi connectivity index (χ2n) is 4.85. The largest absolute Gasteiger partial charge is 0.360 e. The average Bonchev–Trinajstić information content (AvgIpc) is 2.95. The first-order valence-electron chi connectivity index (χ1n) is 6.97. The lowest BCUT2D eigenvalue weighted by molar-refractivity contribution is -0.114. The number of aromatic nitrogens is 1. The second kappa shape index (κ2) is 7.60. The lowest BCUT2D eigenvalue weighted by Crippen LogP contribution is -2.14. The van der Waals surface area contributed by atoms with Crippen LogP contribution in [0.1, 0.15) is 12.7 Å². The molecule has 1 aromatic heterocycles. The van der Waals surface area contributed by atoms with Crippen LogP contribution in [-0.4, -0.2) is 17.0 Å². The van der Waals surface area contributed by atoms with E-state index in [1.54, 1.807) is 37.3 Å². The average molecular weight is 325 g/mol. The predicted molar refractivity (Wildman–Crippen MR) is 87.9 cm³/mol. The number of hydrogen-bond acceptors (Lipinski definition) is 6. The topological polar surface area (TPSA) is 120 Å². The van der Waals surface area contributed by atoms with Crippen LogP contribution in [-0.2, 0) is 9.59 Å². The van der Waals surface area contributed by atoms with Crippen LogP contribution in [0.4, 0.5) is 17.2 Å². The monoisotopic (exact) mass is 325 g/mol. The highest BCUT2D eigenvalue weighted by atomic mass is 16.5. The second-order valence-corrected chi connectivity index (χ2v) is 4.85. The van der Waals surface area contributed by atoms with Gasteiger partial charge in [-0.25, -0.2) is 0 Å². The van der Waals surface area contributed by atoms with Crippen molar-refractivity contribution in [2.24, 2.45) is 0 Å². The van der Waals surface area contributed by atoms with Crippen molar-refractivity contribution < 1.29 is 14.1 Å². The fourth-order valence-corrected chi connectivity index (χ4v) is 1.77. The molecule has 0 bridgehead atoms. The minimum absolute atomic E-state index is 0.124. The first-order valence-corrected chi connectivity index (χ1v) is 6.97. The van der Waals surface area contributed by atoms with E-state index in [2.05, 4.69) is 21.1 Å². The summed E-state index contributed by atoms with van der Waals surface area (Å²) in [7, 11) is 0. The number of nitrogens with zero attached hydrogens (tertiary/aromatic N) is 2. The number of anilines is 3. The number of carbonyl (C=O) groups excluding carboxylic acids is 2. The van der Waals surface area contributed by atoms with Crippen LogP contribution in [0.15, 0.2) is 46.6 Å². The van der Waals surface area contributed by atoms with Gasteiger partial charge < -0.3 is 20.5 Å². The lowest BCUT2D eigenvalue weighted by Gasteiger charge is -2.06. The SMILES string of the molecule is CC(=O)Nc1ccc(NC(=O)/C(C#N)=C\Nc2cc(C)on2)cc1. The van der Waals surface area contributed by atoms with Crippen LogP contribution < -0.4 is 16.0 Å². The summed E-state index contributed by atoms with van der Waals surface area (Å²) in [5.41, 5.74) is 0.980. The van der Waals surface area contributed by atoms with Gasteiger partial charge in [0.2, 0.25) is 5.91 Å². The van der Waals surface area contributed by atoms with Crippen LogP contribution in [0.3, 0.4) is 0 Å². The van der Waals surface area contributed by atoms with Gasteiger partial charge in [0.15, 0.2) is 5.82 Å². The molecule has 0 atom stereocenters. The van der Waals surface area contributed by atoms with Gasteiger partial charge in [-0.2, -0.15) is 5.26 Å². The van der Waals surface area contributed by atoms with Crippen LogP contribution in [0, 0.1) is 18.3 Å². The van der Waals surface area contributed by atoms with E-state index in [4.69, 9.17) is 9.78 Å². The molecule has 24 heavy (non-hydrogen) atoms. The summed E-state index contributed by atoms with van der Waals surface area (Å²) < 4.78 is 4.87. The van der Waals surface area contributed by atoms with Crippen molar-refractivity contribution in [1.82, 2.24) is 5.16 Å².